The van der Waals surface area contributed by atoms with Crippen molar-refractivity contribution >= 4 is 0 Å². The first-order valence-electron chi connectivity index (χ1n) is 2.87. The van der Waals surface area contributed by atoms with Crippen LogP contribution >= 0.6 is 0 Å². The third-order valence-electron chi connectivity index (χ3n) is 0.980. The number of hydrogen-bond donors (Lipinski definition) is 1. The van der Waals surface area contributed by atoms with Crippen LogP contribution < -0.4 is 5.73 Å². The lowest BCUT2D eigenvalue weighted by Crippen LogP contribution is -2.12. The number of aromatic nitrogens is 3. The van der Waals surface area contributed by atoms with Gasteiger partial charge >= 0.3 is 0 Å². The Morgan fingerprint density at radius 3 is 3.10 bits per heavy atom. The Balaban J connectivity index is 2.71. The summed E-state index contributed by atoms with van der Waals surface area (Å²) in [5.74, 6) is 0. The molecule has 1 heterocycles. The highest BCUT2D eigenvalue weighted by molar-refractivity contribution is 5.12. The van der Waals surface area contributed by atoms with Crippen molar-refractivity contribution in [2.45, 2.75) is 6.54 Å². The van der Waals surface area contributed by atoms with Crippen molar-refractivity contribution in [3.8, 4) is 6.07 Å². The van der Waals surface area contributed by atoms with Gasteiger partial charge in [-0.1, -0.05) is 0 Å². The first-order valence-corrected chi connectivity index (χ1v) is 2.87. The van der Waals surface area contributed by atoms with Gasteiger partial charge in [0.15, 0.2) is 5.69 Å². The van der Waals surface area contributed by atoms with Gasteiger partial charge in [-0.05, 0) is 0 Å². The van der Waals surface area contributed by atoms with E-state index in [1.807, 2.05) is 6.07 Å². The molecule has 0 atom stereocenters. The van der Waals surface area contributed by atoms with Crippen LogP contribution in [0.3, 0.4) is 0 Å². The van der Waals surface area contributed by atoms with E-state index in [2.05, 4.69) is 10.2 Å². The number of rotatable bonds is 2. The largest absolute Gasteiger partial charge is 0.329 e. The van der Waals surface area contributed by atoms with Crippen molar-refractivity contribution in [1.82, 2.24) is 15.0 Å². The lowest BCUT2D eigenvalue weighted by atomic mass is 10.6. The van der Waals surface area contributed by atoms with Gasteiger partial charge in [-0.15, -0.1) is 5.10 Å². The zero-order chi connectivity index (χ0) is 7.40. The molecule has 1 aromatic heterocycles. The van der Waals surface area contributed by atoms with Crippen molar-refractivity contribution in [3.05, 3.63) is 11.9 Å². The minimum Gasteiger partial charge on any atom is -0.329 e. The molecule has 5 nitrogen and oxygen atoms in total. The summed E-state index contributed by atoms with van der Waals surface area (Å²) in [6.07, 6.45) is 1.41. The minimum absolute atomic E-state index is 0.327. The predicted molar refractivity (Wildman–Crippen MR) is 33.8 cm³/mol. The van der Waals surface area contributed by atoms with E-state index < -0.39 is 0 Å². The molecule has 0 radical (unpaired) electrons. The fourth-order valence-corrected chi connectivity index (χ4v) is 0.572. The van der Waals surface area contributed by atoms with E-state index in [-0.39, 0.29) is 0 Å². The molecular weight excluding hydrogens is 130 g/mol. The van der Waals surface area contributed by atoms with E-state index in [1.165, 1.54) is 11.0 Å². The Labute approximate surface area is 58.1 Å². The highest BCUT2D eigenvalue weighted by atomic mass is 15.5. The third-order valence-corrected chi connectivity index (χ3v) is 0.980. The van der Waals surface area contributed by atoms with E-state index in [9.17, 15) is 0 Å². The summed E-state index contributed by atoms with van der Waals surface area (Å²) >= 11 is 0. The maximum absolute atomic E-state index is 8.32. The van der Waals surface area contributed by atoms with Crippen LogP contribution in [0.2, 0.25) is 0 Å². The van der Waals surface area contributed by atoms with Gasteiger partial charge in [0.25, 0.3) is 0 Å². The van der Waals surface area contributed by atoms with Crippen LogP contribution in [0.1, 0.15) is 5.69 Å². The van der Waals surface area contributed by atoms with Crippen molar-refractivity contribution in [3.63, 3.8) is 0 Å². The van der Waals surface area contributed by atoms with E-state index in [1.54, 1.807) is 0 Å². The molecule has 2 N–H and O–H groups in total. The molecule has 0 unspecified atom stereocenters. The van der Waals surface area contributed by atoms with Crippen LogP contribution in [0, 0.1) is 11.3 Å². The molecule has 0 saturated carbocycles. The zero-order valence-corrected chi connectivity index (χ0v) is 5.36. The Morgan fingerprint density at radius 1 is 1.80 bits per heavy atom. The first-order chi connectivity index (χ1) is 4.86. The summed E-state index contributed by atoms with van der Waals surface area (Å²) in [5.41, 5.74) is 5.55. The first kappa shape index (κ1) is 6.71. The molecule has 0 spiro atoms. The molecule has 0 saturated heterocycles. The van der Waals surface area contributed by atoms with Gasteiger partial charge in [0.05, 0.1) is 12.7 Å². The summed E-state index contributed by atoms with van der Waals surface area (Å²) in [7, 11) is 0. The monoisotopic (exact) mass is 137 g/mol. The Bertz CT molecular complexity index is 245. The van der Waals surface area contributed by atoms with Gasteiger partial charge in [-0.25, -0.2) is 0 Å². The van der Waals surface area contributed by atoms with Crippen molar-refractivity contribution < 1.29 is 0 Å². The zero-order valence-electron chi connectivity index (χ0n) is 5.36. The highest BCUT2D eigenvalue weighted by Crippen LogP contribution is 1.85. The molecule has 0 aliphatic carbocycles. The molecule has 0 bridgehead atoms. The number of hydrogen-bond acceptors (Lipinski definition) is 4. The van der Waals surface area contributed by atoms with Crippen molar-refractivity contribution in [2.24, 2.45) is 5.73 Å². The molecule has 52 valence electrons. The summed E-state index contributed by atoms with van der Waals surface area (Å²) in [4.78, 5) is 1.40. The van der Waals surface area contributed by atoms with Gasteiger partial charge < -0.3 is 5.73 Å². The molecule has 1 aromatic rings. The second-order valence-corrected chi connectivity index (χ2v) is 1.73. The standard InChI is InChI=1S/C5H7N5/c6-1-2-10-8-4-5(3-7)9-10/h4H,1-2,6H2. The van der Waals surface area contributed by atoms with Gasteiger partial charge in [-0.3, -0.25) is 0 Å². The lowest BCUT2D eigenvalue weighted by molar-refractivity contribution is 0.544. The van der Waals surface area contributed by atoms with E-state index in [0.717, 1.165) is 0 Å². The van der Waals surface area contributed by atoms with Crippen LogP contribution in [0.5, 0.6) is 0 Å². The highest BCUT2D eigenvalue weighted by Gasteiger charge is 1.95. The maximum atomic E-state index is 8.32. The number of nitrogens with two attached hydrogens (primary N) is 1. The van der Waals surface area contributed by atoms with Gasteiger partial charge in [0.1, 0.15) is 6.07 Å². The van der Waals surface area contributed by atoms with Gasteiger partial charge in [0.2, 0.25) is 0 Å². The van der Waals surface area contributed by atoms with Gasteiger partial charge in [0, 0.05) is 6.54 Å². The number of nitriles is 1. The Hall–Kier alpha value is -1.41. The van der Waals surface area contributed by atoms with Crippen molar-refractivity contribution in [2.75, 3.05) is 6.54 Å². The summed E-state index contributed by atoms with van der Waals surface area (Å²) in [6, 6.07) is 1.87. The van der Waals surface area contributed by atoms with Crippen LogP contribution in [-0.2, 0) is 6.54 Å². The Kier molecular flexibility index (Phi) is 1.97. The maximum Gasteiger partial charge on any atom is 0.182 e. The number of nitrogens with zero attached hydrogens (tertiary/aromatic N) is 4. The third kappa shape index (κ3) is 1.30. The molecular formula is C5H7N5. The van der Waals surface area contributed by atoms with E-state index in [0.29, 0.717) is 18.8 Å². The molecule has 0 fully saturated rings. The average molecular weight is 137 g/mol. The Morgan fingerprint density at radius 2 is 2.60 bits per heavy atom. The molecule has 10 heavy (non-hydrogen) atoms. The predicted octanol–water partition coefficient (Wildman–Crippen LogP) is -0.892. The smallest absolute Gasteiger partial charge is 0.182 e. The summed E-state index contributed by atoms with van der Waals surface area (Å²) in [6.45, 7) is 1.04. The van der Waals surface area contributed by atoms with Crippen LogP contribution in [0.4, 0.5) is 0 Å². The second kappa shape index (κ2) is 2.94. The lowest BCUT2D eigenvalue weighted by Gasteiger charge is -1.91. The topological polar surface area (TPSA) is 80.5 Å². The fourth-order valence-electron chi connectivity index (χ4n) is 0.572. The van der Waals surface area contributed by atoms with Crippen LogP contribution in [0.15, 0.2) is 6.20 Å². The molecule has 0 aromatic carbocycles. The van der Waals surface area contributed by atoms with Crippen molar-refractivity contribution in [1.29, 1.82) is 5.26 Å². The summed E-state index contributed by atoms with van der Waals surface area (Å²) < 4.78 is 0. The summed E-state index contributed by atoms with van der Waals surface area (Å²) in [5, 5.41) is 15.9. The molecule has 0 aliphatic rings. The molecule has 0 amide bonds. The quantitative estimate of drug-likeness (QED) is 0.573. The molecule has 1 rings (SSSR count). The minimum atomic E-state index is 0.327. The van der Waals surface area contributed by atoms with Crippen LogP contribution in [-0.4, -0.2) is 21.5 Å². The average Bonchev–Trinajstić information content (AvgIpc) is 2.37. The van der Waals surface area contributed by atoms with E-state index in [4.69, 9.17) is 11.0 Å². The van der Waals surface area contributed by atoms with Crippen LogP contribution in [0.25, 0.3) is 0 Å². The molecule has 0 aliphatic heterocycles. The fraction of sp³-hybridized carbons (Fsp3) is 0.400. The SMILES string of the molecule is N#Cc1cnn(CCN)n1. The van der Waals surface area contributed by atoms with E-state index >= 15 is 0 Å². The van der Waals surface area contributed by atoms with Gasteiger partial charge in [-0.2, -0.15) is 15.2 Å². The second-order valence-electron chi connectivity index (χ2n) is 1.73. The normalized spacial score (nSPS) is 9.20. The molecule has 5 heteroatoms.